The second-order valence-corrected chi connectivity index (χ2v) is 10.7. The van der Waals surface area contributed by atoms with Gasteiger partial charge in [0.2, 0.25) is 5.91 Å². The molecule has 1 aliphatic heterocycles. The topological polar surface area (TPSA) is 55.1 Å². The predicted octanol–water partition coefficient (Wildman–Crippen LogP) is 5.86. The first-order chi connectivity index (χ1) is 16.5. The van der Waals surface area contributed by atoms with Crippen LogP contribution in [0.15, 0.2) is 54.7 Å². The number of aromatic amines is 2. The Balaban J connectivity index is 0.000000200. The number of H-pyrrole nitrogens is 2. The normalized spacial score (nSPS) is 19.3. The largest absolute Gasteiger partial charge is 0.361 e. The van der Waals surface area contributed by atoms with E-state index in [1.165, 1.54) is 32.3 Å². The highest BCUT2D eigenvalue weighted by Gasteiger charge is 2.36. The van der Waals surface area contributed by atoms with E-state index in [1.807, 2.05) is 23.1 Å². The lowest BCUT2D eigenvalue weighted by molar-refractivity contribution is -0.134. The monoisotopic (exact) mass is 490 g/mol. The summed E-state index contributed by atoms with van der Waals surface area (Å²) in [5.74, 6) is 0.210. The van der Waals surface area contributed by atoms with Crippen molar-refractivity contribution in [3.63, 3.8) is 0 Å². The maximum absolute atomic E-state index is 12.9. The minimum absolute atomic E-state index is 0.0445. The lowest BCUT2D eigenvalue weighted by Crippen LogP contribution is -2.47. The van der Waals surface area contributed by atoms with Gasteiger partial charge in [-0.05, 0) is 74.4 Å². The molecule has 0 fully saturated rings. The van der Waals surface area contributed by atoms with Crippen LogP contribution in [-0.2, 0) is 11.2 Å². The molecule has 4 aromatic rings. The summed E-state index contributed by atoms with van der Waals surface area (Å²) in [6, 6.07) is 14.9. The van der Waals surface area contributed by atoms with Crippen LogP contribution in [0.4, 0.5) is 0 Å². The Bertz CT molecular complexity index is 1390. The number of carbonyl (C=O) groups excluding carboxylic acids is 1. The maximum atomic E-state index is 12.9. The quantitative estimate of drug-likeness (QED) is 0.354. The van der Waals surface area contributed by atoms with Crippen molar-refractivity contribution in [2.45, 2.75) is 26.3 Å². The van der Waals surface area contributed by atoms with Crippen molar-refractivity contribution in [2.75, 3.05) is 26.7 Å². The van der Waals surface area contributed by atoms with Crippen LogP contribution in [0, 0.1) is 9.87 Å². The Labute approximate surface area is 209 Å². The van der Waals surface area contributed by atoms with Crippen LogP contribution in [0.1, 0.15) is 25.0 Å². The van der Waals surface area contributed by atoms with Gasteiger partial charge in [0, 0.05) is 42.8 Å². The zero-order chi connectivity index (χ0) is 23.8. The fourth-order valence-corrected chi connectivity index (χ4v) is 6.39. The first-order valence-corrected chi connectivity index (χ1v) is 13.1. The van der Waals surface area contributed by atoms with Crippen LogP contribution in [0.25, 0.3) is 26.7 Å². The molecule has 0 bridgehead atoms. The summed E-state index contributed by atoms with van der Waals surface area (Å²) in [6.07, 6.45) is 5.41. The predicted molar refractivity (Wildman–Crippen MR) is 145 cm³/mol. The van der Waals surface area contributed by atoms with E-state index < -0.39 is 0 Å². The molecular weight excluding hydrogens is 460 g/mol. The molecule has 1 amide bonds. The van der Waals surface area contributed by atoms with E-state index in [9.17, 15) is 4.79 Å². The summed E-state index contributed by atoms with van der Waals surface area (Å²) in [5, 5.41) is 1.34. The molecule has 0 unspecified atom stereocenters. The fourth-order valence-electron chi connectivity index (χ4n) is 5.27. The van der Waals surface area contributed by atoms with E-state index in [1.54, 1.807) is 11.3 Å². The van der Waals surface area contributed by atoms with Gasteiger partial charge in [-0.1, -0.05) is 30.3 Å². The summed E-state index contributed by atoms with van der Waals surface area (Å²) in [7, 11) is 2.15. The first kappa shape index (κ1) is 23.0. The number of fused-ring (bicyclic) bond motifs is 3. The molecule has 0 saturated carbocycles. The number of nitrogens with zero attached hydrogens (tertiary/aromatic N) is 2. The van der Waals surface area contributed by atoms with E-state index in [0.29, 0.717) is 6.04 Å². The Kier molecular flexibility index (Phi) is 6.42. The average Bonchev–Trinajstić information content (AvgIpc) is 3.44. The molecule has 1 aliphatic carbocycles. The van der Waals surface area contributed by atoms with Crippen LogP contribution in [0.2, 0.25) is 0 Å². The molecule has 34 heavy (non-hydrogen) atoms. The third-order valence-electron chi connectivity index (χ3n) is 6.99. The zero-order valence-corrected chi connectivity index (χ0v) is 21.4. The van der Waals surface area contributed by atoms with Crippen LogP contribution < -0.4 is 0 Å². The molecule has 0 spiro atoms. The van der Waals surface area contributed by atoms with Crippen molar-refractivity contribution in [1.29, 1.82) is 0 Å². The van der Waals surface area contributed by atoms with E-state index >= 15 is 0 Å². The number of amides is 1. The number of nitrogens with one attached hydrogen (secondary N) is 2. The Morgan fingerprint density at radius 2 is 1.91 bits per heavy atom. The molecule has 176 valence electrons. The number of rotatable bonds is 3. The highest BCUT2D eigenvalue weighted by Crippen LogP contribution is 2.40. The molecule has 2 aliphatic rings. The molecule has 7 heteroatoms. The lowest BCUT2D eigenvalue weighted by atomic mass is 9.79. The fraction of sp³-hybridized carbons (Fsp3) is 0.333. The molecular formula is C27H30N4OS2. The van der Waals surface area contributed by atoms with E-state index in [4.69, 9.17) is 12.2 Å². The van der Waals surface area contributed by atoms with Gasteiger partial charge < -0.3 is 14.9 Å². The molecule has 0 saturated heterocycles. The summed E-state index contributed by atoms with van der Waals surface area (Å²) >= 11 is 6.59. The van der Waals surface area contributed by atoms with Crippen LogP contribution in [0.3, 0.4) is 0 Å². The molecule has 2 atom stereocenters. The smallest absolute Gasteiger partial charge is 0.230 e. The van der Waals surface area contributed by atoms with E-state index in [0.717, 1.165) is 35.5 Å². The minimum atomic E-state index is -0.0445. The highest BCUT2D eigenvalue weighted by molar-refractivity contribution is 7.73. The Morgan fingerprint density at radius 1 is 1.15 bits per heavy atom. The van der Waals surface area contributed by atoms with Gasteiger partial charge in [0.1, 0.15) is 0 Å². The van der Waals surface area contributed by atoms with E-state index in [2.05, 4.69) is 72.3 Å². The molecule has 2 N–H and O–H groups in total. The highest BCUT2D eigenvalue weighted by atomic mass is 32.1. The summed E-state index contributed by atoms with van der Waals surface area (Å²) in [5.41, 5.74) is 6.35. The van der Waals surface area contributed by atoms with Gasteiger partial charge in [0.05, 0.1) is 16.1 Å². The number of likely N-dealkylation sites (N-methyl/N-ethyl adjacent to an activating group) is 1. The standard InChI is InChI=1S/C20H25N3O.C7H5NS2/c1-4-23(5-2)20(24)14-9-16-15-7-6-8-17-19(15)13(11-21-17)10-18(16)22(3)12-14;9-7-8-5-3-1-2-4-6(5)10-7/h6-9,11,14,18,21H,4-5,10,12H2,1-3H3;1-4H,(H,8,9)/t14-,18-;/m1./s1. The number of hydrogen-bond donors (Lipinski definition) is 2. The summed E-state index contributed by atoms with van der Waals surface area (Å²) in [4.78, 5) is 23.7. The number of para-hydroxylation sites is 1. The van der Waals surface area contributed by atoms with Crippen molar-refractivity contribution in [3.8, 4) is 0 Å². The SMILES string of the molecule is CCN(CC)C(=O)[C@@H]1C=C2c3cccc4[nH]cc(c34)C[C@H]2N(C)C1.S=c1[nH]c2ccccc2s1. The van der Waals surface area contributed by atoms with Crippen molar-refractivity contribution in [2.24, 2.45) is 5.92 Å². The molecule has 0 radical (unpaired) electrons. The number of thiazole rings is 1. The molecule has 2 aromatic carbocycles. The van der Waals surface area contributed by atoms with Gasteiger partial charge in [0.25, 0.3) is 0 Å². The van der Waals surface area contributed by atoms with E-state index in [-0.39, 0.29) is 11.8 Å². The molecule has 3 heterocycles. The number of benzene rings is 2. The molecule has 5 nitrogen and oxygen atoms in total. The lowest BCUT2D eigenvalue weighted by Gasteiger charge is -2.40. The third-order valence-corrected chi connectivity index (χ3v) is 8.20. The van der Waals surface area contributed by atoms with Gasteiger partial charge in [-0.25, -0.2) is 0 Å². The Hall–Kier alpha value is -2.74. The maximum Gasteiger partial charge on any atom is 0.230 e. The van der Waals surface area contributed by atoms with Crippen molar-refractivity contribution in [1.82, 2.24) is 19.8 Å². The van der Waals surface area contributed by atoms with Crippen LogP contribution >= 0.6 is 23.6 Å². The summed E-state index contributed by atoms with van der Waals surface area (Å²) < 4.78 is 2.08. The average molecular weight is 491 g/mol. The van der Waals surface area contributed by atoms with Crippen molar-refractivity contribution >= 4 is 56.2 Å². The molecule has 6 rings (SSSR count). The number of aromatic nitrogens is 2. The van der Waals surface area contributed by atoms with Crippen LogP contribution in [0.5, 0.6) is 0 Å². The summed E-state index contributed by atoms with van der Waals surface area (Å²) in [6.45, 7) is 6.47. The first-order valence-electron chi connectivity index (χ1n) is 11.9. The number of hydrogen-bond acceptors (Lipinski definition) is 4. The zero-order valence-electron chi connectivity index (χ0n) is 19.8. The third kappa shape index (κ3) is 4.13. The van der Waals surface area contributed by atoms with Gasteiger partial charge in [0.15, 0.2) is 3.95 Å². The second kappa shape index (κ2) is 9.49. The van der Waals surface area contributed by atoms with Crippen molar-refractivity contribution in [3.05, 3.63) is 69.8 Å². The van der Waals surface area contributed by atoms with Gasteiger partial charge in [-0.2, -0.15) is 0 Å². The second-order valence-electron chi connectivity index (χ2n) is 8.95. The number of carbonyl (C=O) groups is 1. The Morgan fingerprint density at radius 3 is 2.68 bits per heavy atom. The minimum Gasteiger partial charge on any atom is -0.361 e. The van der Waals surface area contributed by atoms with Crippen LogP contribution in [-0.4, -0.2) is 58.4 Å². The van der Waals surface area contributed by atoms with Gasteiger partial charge >= 0.3 is 0 Å². The molecule has 2 aromatic heterocycles. The van der Waals surface area contributed by atoms with Crippen molar-refractivity contribution < 1.29 is 4.79 Å². The van der Waals surface area contributed by atoms with Gasteiger partial charge in [-0.15, -0.1) is 11.3 Å². The van der Waals surface area contributed by atoms with Gasteiger partial charge in [-0.3, -0.25) is 9.69 Å².